The minimum atomic E-state index is -1.82. The minimum Gasteiger partial charge on any atom is -0.473 e. The molecule has 0 spiro atoms. The van der Waals surface area contributed by atoms with Crippen LogP contribution in [-0.2, 0) is 9.59 Å². The van der Waals surface area contributed by atoms with Crippen molar-refractivity contribution in [2.75, 3.05) is 26.2 Å². The summed E-state index contributed by atoms with van der Waals surface area (Å²) in [4.78, 5) is 23.6. The van der Waals surface area contributed by atoms with Crippen molar-refractivity contribution < 1.29 is 19.8 Å². The quantitative estimate of drug-likeness (QED) is 0.756. The van der Waals surface area contributed by atoms with Crippen LogP contribution in [-0.4, -0.2) is 70.2 Å². The molecule has 22 heavy (non-hydrogen) atoms. The number of hydrogen-bond donors (Lipinski definition) is 2. The molecule has 0 aromatic rings. The summed E-state index contributed by atoms with van der Waals surface area (Å²) >= 11 is 0. The van der Waals surface area contributed by atoms with Crippen molar-refractivity contribution in [3.63, 3.8) is 0 Å². The van der Waals surface area contributed by atoms with Crippen LogP contribution in [0.1, 0.15) is 46.5 Å². The van der Waals surface area contributed by atoms with Crippen molar-refractivity contribution >= 4 is 11.9 Å². The van der Waals surface area contributed by atoms with Crippen molar-refractivity contribution in [1.29, 1.82) is 0 Å². The van der Waals surface area contributed by atoms with Crippen molar-refractivity contribution in [3.8, 4) is 0 Å². The molecule has 0 bridgehead atoms. The van der Waals surface area contributed by atoms with Crippen LogP contribution < -0.4 is 0 Å². The van der Waals surface area contributed by atoms with Crippen LogP contribution in [0.2, 0.25) is 0 Å². The van der Waals surface area contributed by atoms with Crippen molar-refractivity contribution in [2.24, 2.45) is 5.92 Å². The van der Waals surface area contributed by atoms with Crippen LogP contribution in [0.4, 0.5) is 0 Å². The summed E-state index contributed by atoms with van der Waals surface area (Å²) in [5, 5.41) is 14.8. The first-order valence-corrected chi connectivity index (χ1v) is 8.25. The molecule has 0 aromatic heterocycles. The molecule has 1 aliphatic carbocycles. The summed E-state index contributed by atoms with van der Waals surface area (Å²) in [6.07, 6.45) is 5.81. The van der Waals surface area contributed by atoms with E-state index in [1.807, 2.05) is 0 Å². The molecular formula is C16H30N2O4. The number of hydrogen-bond acceptors (Lipinski definition) is 4. The number of carboxylic acid groups (broad SMARTS) is 2. The lowest BCUT2D eigenvalue weighted by atomic mass is 9.86. The van der Waals surface area contributed by atoms with E-state index in [1.165, 1.54) is 51.9 Å². The summed E-state index contributed by atoms with van der Waals surface area (Å²) in [5.74, 6) is -2.69. The molecule has 2 aliphatic rings. The lowest BCUT2D eigenvalue weighted by Gasteiger charge is -2.43. The zero-order valence-corrected chi connectivity index (χ0v) is 14.0. The monoisotopic (exact) mass is 314 g/mol. The number of carboxylic acids is 2. The van der Waals surface area contributed by atoms with E-state index in [-0.39, 0.29) is 0 Å². The van der Waals surface area contributed by atoms with E-state index in [1.54, 1.807) is 0 Å². The molecule has 1 saturated carbocycles. The zero-order valence-electron chi connectivity index (χ0n) is 14.0. The number of nitrogens with zero attached hydrogens (tertiary/aromatic N) is 2. The lowest BCUT2D eigenvalue weighted by Crippen LogP contribution is -2.52. The van der Waals surface area contributed by atoms with Gasteiger partial charge >= 0.3 is 11.9 Å². The first-order valence-electron chi connectivity index (χ1n) is 8.25. The van der Waals surface area contributed by atoms with Crippen molar-refractivity contribution in [1.82, 2.24) is 9.80 Å². The van der Waals surface area contributed by atoms with Crippen LogP contribution >= 0.6 is 0 Å². The molecule has 2 atom stereocenters. The van der Waals surface area contributed by atoms with Gasteiger partial charge in [0.05, 0.1) is 0 Å². The standard InChI is InChI=1S/C14H28N2.C2H2O4/c1-12(2)15-7-9-16(10-8-15)14-6-4-5-13(3)11-14;3-1(4)2(5)6/h12-14H,4-11H2,1-3H3;(H,3,4)(H,5,6). The third kappa shape index (κ3) is 6.32. The average Bonchev–Trinajstić information content (AvgIpc) is 2.48. The Bertz CT molecular complexity index is 353. The molecule has 1 aliphatic heterocycles. The Kier molecular flexibility index (Phi) is 7.82. The molecule has 0 radical (unpaired) electrons. The van der Waals surface area contributed by atoms with Crippen LogP contribution in [0.3, 0.4) is 0 Å². The second kappa shape index (κ2) is 9.10. The second-order valence-electron chi connectivity index (χ2n) is 6.70. The minimum absolute atomic E-state index is 0.729. The number of carbonyl (C=O) groups is 2. The van der Waals surface area contributed by atoms with Crippen LogP contribution in [0, 0.1) is 5.92 Å². The van der Waals surface area contributed by atoms with E-state index in [9.17, 15) is 0 Å². The summed E-state index contributed by atoms with van der Waals surface area (Å²) in [5.41, 5.74) is 0. The van der Waals surface area contributed by atoms with E-state index >= 15 is 0 Å². The summed E-state index contributed by atoms with van der Waals surface area (Å²) in [6, 6.07) is 1.63. The third-order valence-corrected chi connectivity index (χ3v) is 4.69. The fourth-order valence-electron chi connectivity index (χ4n) is 3.35. The predicted octanol–water partition coefficient (Wildman–Crippen LogP) is 1.75. The van der Waals surface area contributed by atoms with E-state index in [2.05, 4.69) is 30.6 Å². The number of rotatable bonds is 2. The van der Waals surface area contributed by atoms with E-state index in [0.29, 0.717) is 0 Å². The first kappa shape index (κ1) is 18.9. The largest absolute Gasteiger partial charge is 0.473 e. The molecule has 6 nitrogen and oxygen atoms in total. The van der Waals surface area contributed by atoms with Gasteiger partial charge in [-0.1, -0.05) is 19.8 Å². The van der Waals surface area contributed by atoms with E-state index in [4.69, 9.17) is 19.8 Å². The van der Waals surface area contributed by atoms with Gasteiger partial charge in [0.15, 0.2) is 0 Å². The maximum Gasteiger partial charge on any atom is 0.414 e. The van der Waals surface area contributed by atoms with E-state index in [0.717, 1.165) is 18.0 Å². The highest BCUT2D eigenvalue weighted by atomic mass is 16.4. The Morgan fingerprint density at radius 3 is 1.95 bits per heavy atom. The Balaban J connectivity index is 0.000000346. The maximum atomic E-state index is 9.10. The molecule has 1 heterocycles. The van der Waals surface area contributed by atoms with Gasteiger partial charge in [0.25, 0.3) is 0 Å². The molecule has 2 rings (SSSR count). The molecular weight excluding hydrogens is 284 g/mol. The van der Waals surface area contributed by atoms with Gasteiger partial charge in [-0.05, 0) is 32.6 Å². The Morgan fingerprint density at radius 1 is 1.00 bits per heavy atom. The first-order chi connectivity index (χ1) is 10.3. The maximum absolute atomic E-state index is 9.10. The third-order valence-electron chi connectivity index (χ3n) is 4.69. The van der Waals surface area contributed by atoms with Gasteiger partial charge in [0.2, 0.25) is 0 Å². The highest BCUT2D eigenvalue weighted by molar-refractivity contribution is 6.27. The van der Waals surface area contributed by atoms with Gasteiger partial charge in [-0.15, -0.1) is 0 Å². The fourth-order valence-corrected chi connectivity index (χ4v) is 3.35. The highest BCUT2D eigenvalue weighted by Gasteiger charge is 2.27. The van der Waals surface area contributed by atoms with Gasteiger partial charge in [-0.3, -0.25) is 9.80 Å². The molecule has 6 heteroatoms. The van der Waals surface area contributed by atoms with Crippen LogP contribution in [0.5, 0.6) is 0 Å². The Morgan fingerprint density at radius 2 is 1.55 bits per heavy atom. The zero-order chi connectivity index (χ0) is 16.7. The molecule has 2 fully saturated rings. The normalized spacial score (nSPS) is 27.1. The molecule has 2 unspecified atom stereocenters. The lowest BCUT2D eigenvalue weighted by molar-refractivity contribution is -0.159. The topological polar surface area (TPSA) is 81.1 Å². The predicted molar refractivity (Wildman–Crippen MR) is 85.0 cm³/mol. The van der Waals surface area contributed by atoms with Crippen LogP contribution in [0.25, 0.3) is 0 Å². The molecule has 128 valence electrons. The number of piperazine rings is 1. The average molecular weight is 314 g/mol. The van der Waals surface area contributed by atoms with Gasteiger partial charge in [0.1, 0.15) is 0 Å². The molecule has 2 N–H and O–H groups in total. The van der Waals surface area contributed by atoms with Crippen molar-refractivity contribution in [3.05, 3.63) is 0 Å². The fraction of sp³-hybridized carbons (Fsp3) is 0.875. The second-order valence-corrected chi connectivity index (χ2v) is 6.70. The molecule has 0 aromatic carbocycles. The van der Waals surface area contributed by atoms with Gasteiger partial charge < -0.3 is 10.2 Å². The van der Waals surface area contributed by atoms with Gasteiger partial charge in [-0.2, -0.15) is 0 Å². The van der Waals surface area contributed by atoms with Crippen molar-refractivity contribution in [2.45, 2.75) is 58.5 Å². The van der Waals surface area contributed by atoms with Gasteiger partial charge in [-0.25, -0.2) is 9.59 Å². The van der Waals surface area contributed by atoms with E-state index < -0.39 is 11.9 Å². The molecule has 0 amide bonds. The Labute approximate surface area is 133 Å². The van der Waals surface area contributed by atoms with Crippen LogP contribution in [0.15, 0.2) is 0 Å². The Hall–Kier alpha value is -1.14. The smallest absolute Gasteiger partial charge is 0.414 e. The molecule has 1 saturated heterocycles. The SMILES string of the molecule is CC1CCCC(N2CCN(C(C)C)CC2)C1.O=C(O)C(=O)O. The number of aliphatic carboxylic acids is 2. The van der Waals surface area contributed by atoms with Gasteiger partial charge in [0, 0.05) is 38.3 Å². The summed E-state index contributed by atoms with van der Waals surface area (Å²) < 4.78 is 0. The summed E-state index contributed by atoms with van der Waals surface area (Å²) in [6.45, 7) is 12.2. The summed E-state index contributed by atoms with van der Waals surface area (Å²) in [7, 11) is 0. The highest BCUT2D eigenvalue weighted by Crippen LogP contribution is 2.28.